The molecule has 0 radical (unpaired) electrons. The minimum Gasteiger partial charge on any atom is -0.506 e. The summed E-state index contributed by atoms with van der Waals surface area (Å²) >= 11 is 0. The van der Waals surface area contributed by atoms with Gasteiger partial charge in [0.05, 0.1) is 11.1 Å². The first-order chi connectivity index (χ1) is 14.8. The molecule has 7 nitrogen and oxygen atoms in total. The number of aliphatic hydroxyl groups is 1. The number of rotatable bonds is 3. The van der Waals surface area contributed by atoms with Crippen molar-refractivity contribution in [2.75, 3.05) is 11.1 Å². The third kappa shape index (κ3) is 4.36. The van der Waals surface area contributed by atoms with Crippen LogP contribution in [-0.2, 0) is 10.2 Å². The molecule has 0 spiro atoms. The fourth-order valence-corrected chi connectivity index (χ4v) is 5.41. The van der Waals surface area contributed by atoms with Gasteiger partial charge < -0.3 is 16.2 Å². The van der Waals surface area contributed by atoms with Gasteiger partial charge in [-0.25, -0.2) is 0 Å². The normalized spacial score (nSPS) is 22.4. The van der Waals surface area contributed by atoms with E-state index in [2.05, 4.69) is 30.5 Å². The molecule has 9 heteroatoms. The van der Waals surface area contributed by atoms with Gasteiger partial charge in [-0.2, -0.15) is 0 Å². The van der Waals surface area contributed by atoms with Crippen LogP contribution in [0.1, 0.15) is 51.7 Å². The zero-order valence-corrected chi connectivity index (χ0v) is 20.7. The first-order valence-corrected chi connectivity index (χ1v) is 12.0. The number of amidine groups is 1. The number of aliphatic hydroxyl groups excluding tert-OH is 1. The number of nitrogen functional groups attached to an aromatic ring is 1. The third-order valence-electron chi connectivity index (χ3n) is 6.13. The van der Waals surface area contributed by atoms with Crippen LogP contribution in [0, 0.1) is 5.41 Å². The van der Waals surface area contributed by atoms with Crippen LogP contribution in [0.4, 0.5) is 11.4 Å². The summed E-state index contributed by atoms with van der Waals surface area (Å²) in [7, 11) is -3.61. The standard InChI is InChI=1S/C24H29N3O4S.ClH/c1-23(2,3)11-12-24(4)16-8-6-5-7-15(16)20(28)19(21(24)29)22-26-17-10-9-14(25)13-18(17)32(30,31)27-22;/h5-10,13,28,30-31H,11-12,25H2,1-4H3,(H,26,27);1H/t24-;/m0./s1. The van der Waals surface area contributed by atoms with Crippen molar-refractivity contribution in [2.24, 2.45) is 9.81 Å². The zero-order valence-electron chi connectivity index (χ0n) is 19.0. The van der Waals surface area contributed by atoms with Crippen molar-refractivity contribution in [1.29, 1.82) is 0 Å². The van der Waals surface area contributed by atoms with Crippen molar-refractivity contribution in [3.05, 3.63) is 59.2 Å². The first kappa shape index (κ1) is 25.1. The quantitative estimate of drug-likeness (QED) is 0.326. The van der Waals surface area contributed by atoms with Gasteiger partial charge in [0, 0.05) is 11.3 Å². The summed E-state index contributed by atoms with van der Waals surface area (Å²) < 4.78 is 25.5. The predicted octanol–water partition coefficient (Wildman–Crippen LogP) is 6.18. The number of anilines is 2. The molecule has 2 aromatic rings. The molecular formula is C24H30ClN3O4S. The smallest absolute Gasteiger partial charge is 0.180 e. The second-order valence-corrected chi connectivity index (χ2v) is 11.5. The van der Waals surface area contributed by atoms with Crippen LogP contribution in [-0.4, -0.2) is 25.8 Å². The number of benzene rings is 2. The molecule has 1 aliphatic carbocycles. The Morgan fingerprint density at radius 1 is 1.15 bits per heavy atom. The number of hydrogen-bond donors (Lipinski definition) is 5. The van der Waals surface area contributed by atoms with Gasteiger partial charge in [0.1, 0.15) is 16.2 Å². The molecule has 2 aliphatic rings. The summed E-state index contributed by atoms with van der Waals surface area (Å²) in [6.45, 7) is 8.24. The fraction of sp³-hybridized carbons (Fsp3) is 0.333. The molecule has 4 rings (SSSR count). The Morgan fingerprint density at radius 3 is 2.48 bits per heavy atom. The Bertz CT molecular complexity index is 1190. The zero-order chi connectivity index (χ0) is 23.5. The average molecular weight is 492 g/mol. The number of nitrogens with one attached hydrogen (secondary N) is 1. The molecule has 1 heterocycles. The Labute approximate surface area is 201 Å². The maximum Gasteiger partial charge on any atom is 0.180 e. The summed E-state index contributed by atoms with van der Waals surface area (Å²) in [4.78, 5) is 14.1. The van der Waals surface area contributed by atoms with Crippen molar-refractivity contribution in [1.82, 2.24) is 0 Å². The SMILES string of the molecule is CC(C)(C)CC[C@]1(C)C(=O)C(C2=NS(O)(O)c3cc(N)ccc3N2)=C(O)c2ccccc21.Cl. The van der Waals surface area contributed by atoms with Gasteiger partial charge in [0.15, 0.2) is 11.6 Å². The lowest BCUT2D eigenvalue weighted by Crippen LogP contribution is -2.42. The number of carbonyl (C=O) groups excluding carboxylic acids is 1. The van der Waals surface area contributed by atoms with Crippen LogP contribution in [0.3, 0.4) is 0 Å². The largest absolute Gasteiger partial charge is 0.506 e. The third-order valence-corrected chi connectivity index (χ3v) is 7.49. The Balaban J connectivity index is 0.00000306. The molecule has 0 amide bonds. The van der Waals surface area contributed by atoms with Crippen LogP contribution >= 0.6 is 23.2 Å². The highest BCUT2D eigenvalue weighted by atomic mass is 35.5. The molecule has 178 valence electrons. The van der Waals surface area contributed by atoms with E-state index in [1.807, 2.05) is 19.1 Å². The number of hydrogen-bond acceptors (Lipinski definition) is 7. The highest BCUT2D eigenvalue weighted by molar-refractivity contribution is 8.23. The van der Waals surface area contributed by atoms with Crippen molar-refractivity contribution in [3.8, 4) is 0 Å². The molecule has 0 fully saturated rings. The number of halogens is 1. The Hall–Kier alpha value is -2.52. The predicted molar refractivity (Wildman–Crippen MR) is 137 cm³/mol. The maximum atomic E-state index is 13.9. The van der Waals surface area contributed by atoms with Crippen molar-refractivity contribution in [2.45, 2.75) is 50.8 Å². The summed E-state index contributed by atoms with van der Waals surface area (Å²) in [6.07, 6.45) is 1.36. The van der Waals surface area contributed by atoms with E-state index < -0.39 is 16.2 Å². The number of carbonyl (C=O) groups is 1. The fourth-order valence-electron chi connectivity index (χ4n) is 4.21. The number of ketones is 1. The van der Waals surface area contributed by atoms with E-state index in [9.17, 15) is 19.0 Å². The van der Waals surface area contributed by atoms with E-state index in [1.54, 1.807) is 24.3 Å². The molecule has 6 N–H and O–H groups in total. The Kier molecular flexibility index (Phi) is 6.36. The van der Waals surface area contributed by atoms with Gasteiger partial charge in [-0.1, -0.05) is 55.8 Å². The number of Topliss-reactive ketones (excluding diaryl/α,β-unsaturated/α-hetero) is 1. The maximum absolute atomic E-state index is 13.9. The minimum atomic E-state index is -3.61. The highest BCUT2D eigenvalue weighted by Crippen LogP contribution is 2.56. The Morgan fingerprint density at radius 2 is 1.82 bits per heavy atom. The van der Waals surface area contributed by atoms with Crippen LogP contribution in [0.15, 0.2) is 57.3 Å². The monoisotopic (exact) mass is 491 g/mol. The molecule has 1 aliphatic heterocycles. The molecule has 0 unspecified atom stereocenters. The van der Waals surface area contributed by atoms with Crippen LogP contribution in [0.25, 0.3) is 5.76 Å². The first-order valence-electron chi connectivity index (χ1n) is 10.5. The summed E-state index contributed by atoms with van der Waals surface area (Å²) in [5.41, 5.74) is 6.91. The van der Waals surface area contributed by atoms with Gasteiger partial charge in [-0.05, 0) is 48.9 Å². The number of nitrogens with zero attached hydrogens (tertiary/aromatic N) is 1. The van der Waals surface area contributed by atoms with E-state index in [0.29, 0.717) is 23.4 Å². The van der Waals surface area contributed by atoms with Gasteiger partial charge in [0.2, 0.25) is 0 Å². The van der Waals surface area contributed by atoms with Crippen molar-refractivity contribution in [3.63, 3.8) is 0 Å². The molecule has 0 aromatic heterocycles. The molecule has 2 aromatic carbocycles. The molecular weight excluding hydrogens is 462 g/mol. The van der Waals surface area contributed by atoms with E-state index >= 15 is 0 Å². The molecule has 0 saturated heterocycles. The highest BCUT2D eigenvalue weighted by Gasteiger charge is 2.46. The van der Waals surface area contributed by atoms with Crippen molar-refractivity contribution < 1.29 is 19.0 Å². The van der Waals surface area contributed by atoms with Crippen LogP contribution in [0.2, 0.25) is 0 Å². The molecule has 33 heavy (non-hydrogen) atoms. The lowest BCUT2D eigenvalue weighted by molar-refractivity contribution is -0.120. The van der Waals surface area contributed by atoms with Crippen molar-refractivity contribution >= 4 is 51.9 Å². The number of nitrogens with two attached hydrogens (primary N) is 1. The topological polar surface area (TPSA) is 128 Å². The summed E-state index contributed by atoms with van der Waals surface area (Å²) in [5.74, 6) is -0.585. The lowest BCUT2D eigenvalue weighted by Gasteiger charge is -2.39. The average Bonchev–Trinajstić information content (AvgIpc) is 2.71. The molecule has 0 saturated carbocycles. The van der Waals surface area contributed by atoms with Crippen LogP contribution < -0.4 is 11.1 Å². The molecule has 1 atom stereocenters. The van der Waals surface area contributed by atoms with Gasteiger partial charge in [-0.15, -0.1) is 16.8 Å². The number of fused-ring (bicyclic) bond motifs is 2. The molecule has 0 bridgehead atoms. The summed E-state index contributed by atoms with van der Waals surface area (Å²) in [6, 6.07) is 11.9. The van der Waals surface area contributed by atoms with E-state index in [4.69, 9.17) is 5.73 Å². The van der Waals surface area contributed by atoms with E-state index in [0.717, 1.165) is 12.0 Å². The van der Waals surface area contributed by atoms with Gasteiger partial charge in [-0.3, -0.25) is 13.9 Å². The minimum absolute atomic E-state index is 0. The van der Waals surface area contributed by atoms with E-state index in [-0.39, 0.29) is 45.7 Å². The lowest BCUT2D eigenvalue weighted by atomic mass is 9.65. The van der Waals surface area contributed by atoms with Crippen LogP contribution in [0.5, 0.6) is 0 Å². The van der Waals surface area contributed by atoms with Gasteiger partial charge >= 0.3 is 0 Å². The van der Waals surface area contributed by atoms with E-state index in [1.165, 1.54) is 6.07 Å². The van der Waals surface area contributed by atoms with Gasteiger partial charge in [0.25, 0.3) is 0 Å². The second kappa shape index (κ2) is 8.36. The summed E-state index contributed by atoms with van der Waals surface area (Å²) in [5, 5.41) is 14.1. The second-order valence-electron chi connectivity index (χ2n) is 9.83.